The lowest BCUT2D eigenvalue weighted by Gasteiger charge is -2.35. The Labute approximate surface area is 72.6 Å². The van der Waals surface area contributed by atoms with Crippen molar-refractivity contribution in [2.24, 2.45) is 0 Å². The SMILES string of the molecule is CC1C(=O)NC(O)N1C(C)(C)C. The lowest BCUT2D eigenvalue weighted by atomic mass is 10.1. The summed E-state index contributed by atoms with van der Waals surface area (Å²) in [6, 6.07) is -0.250. The van der Waals surface area contributed by atoms with Crippen molar-refractivity contribution in [2.45, 2.75) is 45.6 Å². The Morgan fingerprint density at radius 3 is 2.17 bits per heavy atom. The van der Waals surface area contributed by atoms with Crippen LogP contribution in [0.1, 0.15) is 27.7 Å². The molecule has 2 atom stereocenters. The van der Waals surface area contributed by atoms with E-state index in [9.17, 15) is 9.90 Å². The maximum Gasteiger partial charge on any atom is 0.240 e. The second-order valence-corrected chi connectivity index (χ2v) is 4.14. The molecule has 1 fully saturated rings. The zero-order valence-corrected chi connectivity index (χ0v) is 7.96. The van der Waals surface area contributed by atoms with Gasteiger partial charge in [0.15, 0.2) is 6.35 Å². The Morgan fingerprint density at radius 2 is 2.00 bits per heavy atom. The summed E-state index contributed by atoms with van der Waals surface area (Å²) >= 11 is 0. The van der Waals surface area contributed by atoms with Crippen LogP contribution in [-0.2, 0) is 4.79 Å². The van der Waals surface area contributed by atoms with Crippen molar-refractivity contribution >= 4 is 5.91 Å². The fourth-order valence-electron chi connectivity index (χ4n) is 1.60. The number of nitrogens with zero attached hydrogens (tertiary/aromatic N) is 1. The van der Waals surface area contributed by atoms with Crippen molar-refractivity contribution < 1.29 is 9.90 Å². The molecular weight excluding hydrogens is 156 g/mol. The standard InChI is InChI=1S/C8H16N2O2/c1-5-6(11)9-7(12)10(5)8(2,3)4/h5,7,12H,1-4H3,(H,9,11). The number of rotatable bonds is 0. The van der Waals surface area contributed by atoms with Crippen molar-refractivity contribution in [2.75, 3.05) is 0 Å². The summed E-state index contributed by atoms with van der Waals surface area (Å²) in [6.07, 6.45) is -0.840. The van der Waals surface area contributed by atoms with Gasteiger partial charge in [0.2, 0.25) is 5.91 Å². The van der Waals surface area contributed by atoms with Gasteiger partial charge in [-0.2, -0.15) is 0 Å². The molecule has 0 bridgehead atoms. The summed E-state index contributed by atoms with van der Waals surface area (Å²) in [5, 5.41) is 11.9. The van der Waals surface area contributed by atoms with Crippen LogP contribution in [0.5, 0.6) is 0 Å². The fourth-order valence-corrected chi connectivity index (χ4v) is 1.60. The Kier molecular flexibility index (Phi) is 2.14. The Morgan fingerprint density at radius 1 is 1.50 bits per heavy atom. The van der Waals surface area contributed by atoms with Crippen LogP contribution in [0.25, 0.3) is 0 Å². The van der Waals surface area contributed by atoms with Gasteiger partial charge in [-0.3, -0.25) is 4.79 Å². The fraction of sp³-hybridized carbons (Fsp3) is 0.875. The van der Waals surface area contributed by atoms with E-state index in [0.29, 0.717) is 0 Å². The number of nitrogens with one attached hydrogen (secondary N) is 1. The lowest BCUT2D eigenvalue weighted by molar-refractivity contribution is -0.121. The van der Waals surface area contributed by atoms with Gasteiger partial charge in [-0.1, -0.05) is 0 Å². The molecule has 0 spiro atoms. The van der Waals surface area contributed by atoms with E-state index in [1.54, 1.807) is 11.8 Å². The molecule has 1 aliphatic heterocycles. The van der Waals surface area contributed by atoms with E-state index >= 15 is 0 Å². The second kappa shape index (κ2) is 2.71. The first-order valence-corrected chi connectivity index (χ1v) is 4.11. The van der Waals surface area contributed by atoms with E-state index in [2.05, 4.69) is 5.32 Å². The molecule has 4 heteroatoms. The zero-order chi connectivity index (χ0) is 9.52. The second-order valence-electron chi connectivity index (χ2n) is 4.14. The summed E-state index contributed by atoms with van der Waals surface area (Å²) in [5.41, 5.74) is -0.196. The maximum absolute atomic E-state index is 11.1. The van der Waals surface area contributed by atoms with Gasteiger partial charge < -0.3 is 10.4 Å². The molecule has 0 aromatic carbocycles. The van der Waals surface area contributed by atoms with Crippen LogP contribution in [0.2, 0.25) is 0 Å². The quantitative estimate of drug-likeness (QED) is 0.535. The third kappa shape index (κ3) is 1.44. The summed E-state index contributed by atoms with van der Waals surface area (Å²) in [4.78, 5) is 12.9. The van der Waals surface area contributed by atoms with E-state index in [1.807, 2.05) is 20.8 Å². The first kappa shape index (κ1) is 9.48. The molecule has 2 unspecified atom stereocenters. The Bertz CT molecular complexity index is 198. The van der Waals surface area contributed by atoms with Gasteiger partial charge in [0.25, 0.3) is 0 Å². The largest absolute Gasteiger partial charge is 0.361 e. The van der Waals surface area contributed by atoms with Crippen LogP contribution in [-0.4, -0.2) is 33.8 Å². The van der Waals surface area contributed by atoms with Gasteiger partial charge in [0, 0.05) is 5.54 Å². The van der Waals surface area contributed by atoms with Gasteiger partial charge in [-0.05, 0) is 27.7 Å². The predicted molar refractivity (Wildman–Crippen MR) is 45.2 cm³/mol. The highest BCUT2D eigenvalue weighted by atomic mass is 16.3. The van der Waals surface area contributed by atoms with Crippen LogP contribution < -0.4 is 5.32 Å². The Balaban J connectivity index is 2.84. The minimum Gasteiger partial charge on any atom is -0.361 e. The minimum absolute atomic E-state index is 0.113. The predicted octanol–water partition coefficient (Wildman–Crippen LogP) is -0.119. The average Bonchev–Trinajstić information content (AvgIpc) is 2.05. The molecule has 0 aromatic heterocycles. The topological polar surface area (TPSA) is 52.6 Å². The highest BCUT2D eigenvalue weighted by Crippen LogP contribution is 2.22. The molecule has 2 N–H and O–H groups in total. The van der Waals surface area contributed by atoms with E-state index < -0.39 is 6.35 Å². The lowest BCUT2D eigenvalue weighted by Crippen LogP contribution is -2.50. The summed E-state index contributed by atoms with van der Waals surface area (Å²) < 4.78 is 0. The molecule has 0 aliphatic carbocycles. The summed E-state index contributed by atoms with van der Waals surface area (Å²) in [5.74, 6) is -0.113. The number of hydrogen-bond donors (Lipinski definition) is 2. The molecule has 1 rings (SSSR count). The molecule has 70 valence electrons. The number of aliphatic hydroxyl groups is 1. The Hall–Kier alpha value is -0.610. The molecule has 1 saturated heterocycles. The van der Waals surface area contributed by atoms with E-state index in [0.717, 1.165) is 0 Å². The van der Waals surface area contributed by atoms with Crippen molar-refractivity contribution in [3.8, 4) is 0 Å². The first-order chi connectivity index (χ1) is 5.34. The number of aliphatic hydroxyl groups excluding tert-OH is 1. The highest BCUT2D eigenvalue weighted by Gasteiger charge is 2.41. The normalized spacial score (nSPS) is 32.2. The van der Waals surface area contributed by atoms with Crippen LogP contribution in [0.4, 0.5) is 0 Å². The van der Waals surface area contributed by atoms with Gasteiger partial charge in [0.1, 0.15) is 0 Å². The number of hydrogen-bond acceptors (Lipinski definition) is 3. The smallest absolute Gasteiger partial charge is 0.240 e. The van der Waals surface area contributed by atoms with E-state index in [4.69, 9.17) is 0 Å². The third-order valence-corrected chi connectivity index (χ3v) is 2.11. The summed E-state index contributed by atoms with van der Waals surface area (Å²) in [6.45, 7) is 7.68. The van der Waals surface area contributed by atoms with Gasteiger partial charge >= 0.3 is 0 Å². The zero-order valence-electron chi connectivity index (χ0n) is 7.96. The number of amides is 1. The highest BCUT2D eigenvalue weighted by molar-refractivity contribution is 5.83. The van der Waals surface area contributed by atoms with Crippen LogP contribution in [0, 0.1) is 0 Å². The molecule has 1 aliphatic rings. The maximum atomic E-state index is 11.1. The van der Waals surface area contributed by atoms with Crippen molar-refractivity contribution in [3.05, 3.63) is 0 Å². The van der Waals surface area contributed by atoms with Crippen molar-refractivity contribution in [1.29, 1.82) is 0 Å². The van der Waals surface area contributed by atoms with Crippen LogP contribution in [0.3, 0.4) is 0 Å². The molecule has 4 nitrogen and oxygen atoms in total. The van der Waals surface area contributed by atoms with Crippen LogP contribution >= 0.6 is 0 Å². The molecule has 1 amide bonds. The van der Waals surface area contributed by atoms with E-state index in [-0.39, 0.29) is 17.5 Å². The molecule has 12 heavy (non-hydrogen) atoms. The number of carbonyl (C=O) groups is 1. The van der Waals surface area contributed by atoms with E-state index in [1.165, 1.54) is 0 Å². The molecule has 0 radical (unpaired) electrons. The van der Waals surface area contributed by atoms with Crippen molar-refractivity contribution in [3.63, 3.8) is 0 Å². The van der Waals surface area contributed by atoms with Crippen molar-refractivity contribution in [1.82, 2.24) is 10.2 Å². The first-order valence-electron chi connectivity index (χ1n) is 4.11. The number of carbonyl (C=O) groups excluding carboxylic acids is 1. The van der Waals surface area contributed by atoms with Crippen LogP contribution in [0.15, 0.2) is 0 Å². The molecule has 0 saturated carbocycles. The average molecular weight is 172 g/mol. The molecular formula is C8H16N2O2. The molecule has 0 aromatic rings. The summed E-state index contributed by atoms with van der Waals surface area (Å²) in [7, 11) is 0. The minimum atomic E-state index is -0.840. The third-order valence-electron chi connectivity index (χ3n) is 2.11. The van der Waals surface area contributed by atoms with Gasteiger partial charge in [-0.15, -0.1) is 0 Å². The van der Waals surface area contributed by atoms with Gasteiger partial charge in [0.05, 0.1) is 6.04 Å². The molecule has 1 heterocycles. The monoisotopic (exact) mass is 172 g/mol. The van der Waals surface area contributed by atoms with Gasteiger partial charge in [-0.25, -0.2) is 4.90 Å².